The summed E-state index contributed by atoms with van der Waals surface area (Å²) in [6.45, 7) is 4.15. The van der Waals surface area contributed by atoms with Crippen molar-refractivity contribution in [3.8, 4) is 0 Å². The highest BCUT2D eigenvalue weighted by Gasteiger charge is 2.11. The quantitative estimate of drug-likeness (QED) is 0.744. The summed E-state index contributed by atoms with van der Waals surface area (Å²) in [4.78, 5) is 9.14. The molecule has 3 rings (SSSR count). The lowest BCUT2D eigenvalue weighted by Gasteiger charge is -2.03. The standard InChI is InChI=1S/C14H15N5S2/c1-3-9-10(4-2)18-19-13(16-9)21-14-17-11-6-5-8(15)7-12(11)20-14/h5-7H,3-4,15H2,1-2H3. The fourth-order valence-corrected chi connectivity index (χ4v) is 3.95. The number of aromatic nitrogens is 4. The average Bonchev–Trinajstić information content (AvgIpc) is 2.88. The molecule has 0 spiro atoms. The van der Waals surface area contributed by atoms with E-state index in [2.05, 4.69) is 34.0 Å². The van der Waals surface area contributed by atoms with Gasteiger partial charge in [0, 0.05) is 5.69 Å². The van der Waals surface area contributed by atoms with Crippen molar-refractivity contribution in [1.29, 1.82) is 0 Å². The summed E-state index contributed by atoms with van der Waals surface area (Å²) in [6, 6.07) is 5.73. The van der Waals surface area contributed by atoms with Crippen LogP contribution in [0, 0.1) is 0 Å². The van der Waals surface area contributed by atoms with Crippen LogP contribution in [0.3, 0.4) is 0 Å². The minimum atomic E-state index is 0.649. The average molecular weight is 317 g/mol. The first-order valence-corrected chi connectivity index (χ1v) is 8.39. The Labute approximate surface area is 131 Å². The van der Waals surface area contributed by atoms with Gasteiger partial charge in [-0.3, -0.25) is 0 Å². The Hall–Kier alpha value is -1.73. The molecule has 0 aliphatic rings. The molecule has 3 aromatic rings. The first kappa shape index (κ1) is 14.2. The van der Waals surface area contributed by atoms with E-state index in [0.29, 0.717) is 5.16 Å². The minimum absolute atomic E-state index is 0.649. The Morgan fingerprint density at radius 1 is 1.10 bits per heavy atom. The van der Waals surface area contributed by atoms with E-state index in [-0.39, 0.29) is 0 Å². The van der Waals surface area contributed by atoms with Crippen molar-refractivity contribution in [2.24, 2.45) is 0 Å². The Morgan fingerprint density at radius 3 is 2.67 bits per heavy atom. The molecule has 2 heterocycles. The topological polar surface area (TPSA) is 77.6 Å². The number of fused-ring (bicyclic) bond motifs is 1. The van der Waals surface area contributed by atoms with Gasteiger partial charge in [0.05, 0.1) is 21.6 Å². The lowest BCUT2D eigenvalue weighted by Crippen LogP contribution is -2.03. The number of benzene rings is 1. The van der Waals surface area contributed by atoms with Crippen LogP contribution >= 0.6 is 23.1 Å². The van der Waals surface area contributed by atoms with Gasteiger partial charge in [-0.05, 0) is 42.8 Å². The molecule has 108 valence electrons. The SMILES string of the molecule is CCc1nnc(Sc2nc3ccc(N)cc3s2)nc1CC. The van der Waals surface area contributed by atoms with Crippen LogP contribution in [-0.4, -0.2) is 20.2 Å². The third-order valence-corrected chi connectivity index (χ3v) is 5.00. The van der Waals surface area contributed by atoms with Gasteiger partial charge in [-0.2, -0.15) is 5.10 Å². The molecule has 0 amide bonds. The van der Waals surface area contributed by atoms with Gasteiger partial charge in [-0.15, -0.1) is 16.4 Å². The van der Waals surface area contributed by atoms with Crippen LogP contribution in [0.4, 0.5) is 5.69 Å². The van der Waals surface area contributed by atoms with E-state index in [9.17, 15) is 0 Å². The molecule has 0 bridgehead atoms. The van der Waals surface area contributed by atoms with Crippen molar-refractivity contribution in [1.82, 2.24) is 20.2 Å². The molecule has 0 unspecified atom stereocenters. The van der Waals surface area contributed by atoms with Crippen molar-refractivity contribution >= 4 is 39.0 Å². The van der Waals surface area contributed by atoms with Crippen LogP contribution < -0.4 is 5.73 Å². The van der Waals surface area contributed by atoms with Crippen molar-refractivity contribution in [2.75, 3.05) is 5.73 Å². The largest absolute Gasteiger partial charge is 0.399 e. The van der Waals surface area contributed by atoms with Gasteiger partial charge in [0.25, 0.3) is 0 Å². The van der Waals surface area contributed by atoms with Crippen LogP contribution in [0.15, 0.2) is 27.7 Å². The fourth-order valence-electron chi connectivity index (χ4n) is 2.01. The Balaban J connectivity index is 1.91. The first-order valence-electron chi connectivity index (χ1n) is 6.76. The maximum atomic E-state index is 5.79. The van der Waals surface area contributed by atoms with E-state index < -0.39 is 0 Å². The Kier molecular flexibility index (Phi) is 4.03. The van der Waals surface area contributed by atoms with Crippen molar-refractivity contribution in [3.63, 3.8) is 0 Å². The van der Waals surface area contributed by atoms with Gasteiger partial charge in [0.1, 0.15) is 0 Å². The van der Waals surface area contributed by atoms with Gasteiger partial charge < -0.3 is 5.73 Å². The van der Waals surface area contributed by atoms with Crippen LogP contribution in [0.25, 0.3) is 10.2 Å². The van der Waals surface area contributed by atoms with Crippen molar-refractivity contribution in [3.05, 3.63) is 29.6 Å². The molecule has 0 saturated heterocycles. The first-order chi connectivity index (χ1) is 10.2. The monoisotopic (exact) mass is 317 g/mol. The lowest BCUT2D eigenvalue weighted by molar-refractivity contribution is 0.745. The highest BCUT2D eigenvalue weighted by atomic mass is 32.2. The number of rotatable bonds is 4. The van der Waals surface area contributed by atoms with Crippen LogP contribution in [0.2, 0.25) is 0 Å². The highest BCUT2D eigenvalue weighted by molar-refractivity contribution is 8.01. The predicted molar refractivity (Wildman–Crippen MR) is 86.7 cm³/mol. The molecule has 0 aliphatic carbocycles. The maximum Gasteiger partial charge on any atom is 0.216 e. The number of anilines is 1. The zero-order valence-electron chi connectivity index (χ0n) is 11.8. The Morgan fingerprint density at radius 2 is 1.90 bits per heavy atom. The molecule has 1 aromatic carbocycles. The third-order valence-electron chi connectivity index (χ3n) is 3.06. The lowest BCUT2D eigenvalue weighted by atomic mass is 10.2. The molecule has 2 N–H and O–H groups in total. The fraction of sp³-hybridized carbons (Fsp3) is 0.286. The second-order valence-corrected chi connectivity index (χ2v) is 6.75. The summed E-state index contributed by atoms with van der Waals surface area (Å²) in [5, 5.41) is 9.09. The maximum absolute atomic E-state index is 5.79. The van der Waals surface area contributed by atoms with Gasteiger partial charge in [-0.1, -0.05) is 13.8 Å². The van der Waals surface area contributed by atoms with Crippen LogP contribution in [0.5, 0.6) is 0 Å². The zero-order valence-corrected chi connectivity index (χ0v) is 13.5. The van der Waals surface area contributed by atoms with E-state index in [1.807, 2.05) is 18.2 Å². The Bertz CT molecular complexity index is 784. The smallest absolute Gasteiger partial charge is 0.216 e. The molecule has 5 nitrogen and oxygen atoms in total. The third kappa shape index (κ3) is 2.98. The summed E-state index contributed by atoms with van der Waals surface area (Å²) in [6.07, 6.45) is 1.72. The molecule has 7 heteroatoms. The van der Waals surface area contributed by atoms with E-state index >= 15 is 0 Å². The highest BCUT2D eigenvalue weighted by Crippen LogP contribution is 2.33. The van der Waals surface area contributed by atoms with Gasteiger partial charge in [-0.25, -0.2) is 9.97 Å². The number of hydrogen-bond acceptors (Lipinski definition) is 7. The number of nitrogen functional groups attached to an aromatic ring is 1. The molecule has 0 saturated carbocycles. The summed E-state index contributed by atoms with van der Waals surface area (Å²) in [7, 11) is 0. The second kappa shape index (κ2) is 5.95. The van der Waals surface area contributed by atoms with E-state index in [4.69, 9.17) is 5.73 Å². The van der Waals surface area contributed by atoms with Crippen molar-refractivity contribution < 1.29 is 0 Å². The van der Waals surface area contributed by atoms with Gasteiger partial charge in [0.15, 0.2) is 4.34 Å². The molecular weight excluding hydrogens is 302 g/mol. The summed E-state index contributed by atoms with van der Waals surface area (Å²) < 4.78 is 1.98. The molecule has 0 aliphatic heterocycles. The van der Waals surface area contributed by atoms with Gasteiger partial charge >= 0.3 is 0 Å². The molecule has 21 heavy (non-hydrogen) atoms. The summed E-state index contributed by atoms with van der Waals surface area (Å²) in [5.74, 6) is 0. The number of hydrogen-bond donors (Lipinski definition) is 1. The minimum Gasteiger partial charge on any atom is -0.399 e. The van der Waals surface area contributed by atoms with E-state index in [0.717, 1.165) is 44.5 Å². The summed E-state index contributed by atoms with van der Waals surface area (Å²) >= 11 is 3.04. The predicted octanol–water partition coefficient (Wildman–Crippen LogP) is 3.34. The second-order valence-electron chi connectivity index (χ2n) is 4.50. The molecule has 0 radical (unpaired) electrons. The normalized spacial score (nSPS) is 11.1. The van der Waals surface area contributed by atoms with Gasteiger partial charge in [0.2, 0.25) is 5.16 Å². The van der Waals surface area contributed by atoms with Crippen LogP contribution in [-0.2, 0) is 12.8 Å². The number of nitrogens with zero attached hydrogens (tertiary/aromatic N) is 4. The molecule has 0 fully saturated rings. The van der Waals surface area contributed by atoms with E-state index in [1.165, 1.54) is 11.8 Å². The zero-order chi connectivity index (χ0) is 14.8. The number of nitrogens with two attached hydrogens (primary N) is 1. The van der Waals surface area contributed by atoms with Crippen molar-refractivity contribution in [2.45, 2.75) is 36.2 Å². The number of thiazole rings is 1. The van der Waals surface area contributed by atoms with E-state index in [1.54, 1.807) is 11.3 Å². The summed E-state index contributed by atoms with van der Waals surface area (Å²) in [5.41, 5.74) is 9.48. The van der Waals surface area contributed by atoms with Crippen LogP contribution in [0.1, 0.15) is 25.2 Å². The number of aryl methyl sites for hydroxylation is 2. The molecular formula is C14H15N5S2. The molecule has 2 aromatic heterocycles. The molecule has 0 atom stereocenters.